The Morgan fingerprint density at radius 3 is 2.58 bits per heavy atom. The predicted molar refractivity (Wildman–Crippen MR) is 108 cm³/mol. The molecule has 0 N–H and O–H groups in total. The Morgan fingerprint density at radius 2 is 1.88 bits per heavy atom. The molecule has 3 heterocycles. The Bertz CT molecular complexity index is 866. The molecule has 1 amide bonds. The molecule has 6 heteroatoms. The fourth-order valence-corrected chi connectivity index (χ4v) is 4.83. The summed E-state index contributed by atoms with van der Waals surface area (Å²) in [6.07, 6.45) is 0. The Labute approximate surface area is 161 Å². The van der Waals surface area contributed by atoms with E-state index in [9.17, 15) is 4.79 Å². The van der Waals surface area contributed by atoms with Gasteiger partial charge in [-0.05, 0) is 29.3 Å². The summed E-state index contributed by atoms with van der Waals surface area (Å²) >= 11 is 3.24. The van der Waals surface area contributed by atoms with Crippen molar-refractivity contribution < 1.29 is 4.79 Å². The van der Waals surface area contributed by atoms with Gasteiger partial charge in [0.15, 0.2) is 0 Å². The van der Waals surface area contributed by atoms with Crippen LogP contribution < -0.4 is 0 Å². The van der Waals surface area contributed by atoms with E-state index >= 15 is 0 Å². The monoisotopic (exact) mass is 383 g/mol. The first-order valence-corrected chi connectivity index (χ1v) is 10.5. The van der Waals surface area contributed by atoms with Crippen LogP contribution >= 0.6 is 22.7 Å². The molecule has 26 heavy (non-hydrogen) atoms. The first-order chi connectivity index (χ1) is 12.7. The second kappa shape index (κ2) is 7.70. The summed E-state index contributed by atoms with van der Waals surface area (Å²) in [6.45, 7) is 6.32. The molecule has 1 aliphatic heterocycles. The summed E-state index contributed by atoms with van der Waals surface area (Å²) in [4.78, 5) is 22.9. The van der Waals surface area contributed by atoms with Gasteiger partial charge in [0.25, 0.3) is 5.91 Å². The Balaban J connectivity index is 1.46. The Kier molecular flexibility index (Phi) is 5.15. The normalized spacial score (nSPS) is 15.3. The van der Waals surface area contributed by atoms with Crippen LogP contribution in [0.3, 0.4) is 0 Å². The number of benzene rings is 1. The average molecular weight is 384 g/mol. The number of carbonyl (C=O) groups is 1. The molecule has 1 fully saturated rings. The van der Waals surface area contributed by atoms with Crippen LogP contribution in [-0.4, -0.2) is 46.9 Å². The van der Waals surface area contributed by atoms with Crippen LogP contribution in [-0.2, 0) is 6.54 Å². The fraction of sp³-hybridized carbons (Fsp3) is 0.300. The lowest BCUT2D eigenvalue weighted by Crippen LogP contribution is -2.48. The maximum atomic E-state index is 13.1. The first-order valence-electron chi connectivity index (χ1n) is 8.76. The fourth-order valence-electron chi connectivity index (χ4n) is 3.26. The number of rotatable bonds is 4. The van der Waals surface area contributed by atoms with Crippen molar-refractivity contribution in [1.29, 1.82) is 0 Å². The number of amides is 1. The Morgan fingerprint density at radius 1 is 1.12 bits per heavy atom. The Hall–Kier alpha value is -2.02. The maximum Gasteiger partial charge on any atom is 0.266 e. The minimum Gasteiger partial charge on any atom is -0.335 e. The summed E-state index contributed by atoms with van der Waals surface area (Å²) in [5.41, 5.74) is 3.19. The second-order valence-corrected chi connectivity index (χ2v) is 8.46. The molecule has 4 nitrogen and oxygen atoms in total. The number of thiophene rings is 1. The van der Waals surface area contributed by atoms with E-state index in [-0.39, 0.29) is 5.91 Å². The van der Waals surface area contributed by atoms with Crippen molar-refractivity contribution in [2.24, 2.45) is 0 Å². The van der Waals surface area contributed by atoms with Crippen LogP contribution in [0.25, 0.3) is 11.3 Å². The van der Waals surface area contributed by atoms with Crippen molar-refractivity contribution in [2.75, 3.05) is 26.2 Å². The maximum absolute atomic E-state index is 13.1. The van der Waals surface area contributed by atoms with E-state index in [0.29, 0.717) is 0 Å². The molecule has 3 aromatic rings. The molecule has 0 spiro atoms. The van der Waals surface area contributed by atoms with E-state index in [1.165, 1.54) is 16.9 Å². The summed E-state index contributed by atoms with van der Waals surface area (Å²) in [6, 6.07) is 12.2. The molecule has 134 valence electrons. The van der Waals surface area contributed by atoms with Crippen LogP contribution in [0.1, 0.15) is 20.2 Å². The van der Waals surface area contributed by atoms with Gasteiger partial charge in [0.05, 0.1) is 10.7 Å². The van der Waals surface area contributed by atoms with Gasteiger partial charge in [-0.1, -0.05) is 30.3 Å². The average Bonchev–Trinajstić information content (AvgIpc) is 3.32. The van der Waals surface area contributed by atoms with Gasteiger partial charge in [-0.15, -0.1) is 11.3 Å². The van der Waals surface area contributed by atoms with E-state index in [2.05, 4.69) is 26.7 Å². The van der Waals surface area contributed by atoms with E-state index in [0.717, 1.165) is 53.9 Å². The molecule has 0 bridgehead atoms. The highest BCUT2D eigenvalue weighted by molar-refractivity contribution is 7.14. The molecular formula is C20H21N3OS2. The molecule has 0 radical (unpaired) electrons. The van der Waals surface area contributed by atoms with E-state index in [4.69, 9.17) is 0 Å². The highest BCUT2D eigenvalue weighted by Gasteiger charge is 2.26. The van der Waals surface area contributed by atoms with Gasteiger partial charge in [0.2, 0.25) is 0 Å². The van der Waals surface area contributed by atoms with Crippen LogP contribution in [0.15, 0.2) is 47.2 Å². The quantitative estimate of drug-likeness (QED) is 0.679. The molecule has 1 aliphatic rings. The molecule has 2 aromatic heterocycles. The van der Waals surface area contributed by atoms with Crippen LogP contribution in [0.4, 0.5) is 0 Å². The standard InChI is InChI=1S/C20H21N3OS2/c1-15-21-18(17-5-3-2-4-6-17)19(26-15)20(24)23-10-8-22(9-11-23)13-16-7-12-25-14-16/h2-7,12,14H,8-11,13H2,1H3. The zero-order valence-corrected chi connectivity index (χ0v) is 16.4. The largest absolute Gasteiger partial charge is 0.335 e. The lowest BCUT2D eigenvalue weighted by Gasteiger charge is -2.34. The lowest BCUT2D eigenvalue weighted by atomic mass is 10.1. The molecule has 0 atom stereocenters. The second-order valence-electron chi connectivity index (χ2n) is 6.48. The van der Waals surface area contributed by atoms with Crippen molar-refractivity contribution in [3.8, 4) is 11.3 Å². The van der Waals surface area contributed by atoms with Gasteiger partial charge < -0.3 is 4.90 Å². The summed E-state index contributed by atoms with van der Waals surface area (Å²) in [5.74, 6) is 0.115. The van der Waals surface area contributed by atoms with Crippen LogP contribution in [0, 0.1) is 6.92 Å². The van der Waals surface area contributed by atoms with E-state index in [1.807, 2.05) is 42.2 Å². The third-order valence-corrected chi connectivity index (χ3v) is 6.31. The van der Waals surface area contributed by atoms with Crippen molar-refractivity contribution >= 4 is 28.6 Å². The third kappa shape index (κ3) is 3.72. The third-order valence-electron chi connectivity index (χ3n) is 4.62. The first kappa shape index (κ1) is 17.4. The van der Waals surface area contributed by atoms with Gasteiger partial charge in [-0.2, -0.15) is 11.3 Å². The lowest BCUT2D eigenvalue weighted by molar-refractivity contribution is 0.0634. The molecule has 1 aromatic carbocycles. The topological polar surface area (TPSA) is 36.4 Å². The smallest absolute Gasteiger partial charge is 0.266 e. The number of hydrogen-bond donors (Lipinski definition) is 0. The summed E-state index contributed by atoms with van der Waals surface area (Å²) in [7, 11) is 0. The van der Waals surface area contributed by atoms with Gasteiger partial charge in [0.1, 0.15) is 4.88 Å². The van der Waals surface area contributed by atoms with Gasteiger partial charge in [-0.25, -0.2) is 4.98 Å². The highest BCUT2D eigenvalue weighted by Crippen LogP contribution is 2.29. The van der Waals surface area contributed by atoms with Crippen molar-refractivity contribution in [3.05, 3.63) is 62.6 Å². The minimum absolute atomic E-state index is 0.115. The molecule has 4 rings (SSSR count). The molecule has 0 aliphatic carbocycles. The number of piperazine rings is 1. The van der Waals surface area contributed by atoms with Crippen molar-refractivity contribution in [2.45, 2.75) is 13.5 Å². The van der Waals surface area contributed by atoms with Gasteiger partial charge >= 0.3 is 0 Å². The summed E-state index contributed by atoms with van der Waals surface area (Å²) in [5, 5.41) is 5.25. The van der Waals surface area contributed by atoms with Crippen LogP contribution in [0.2, 0.25) is 0 Å². The van der Waals surface area contributed by atoms with E-state index < -0.39 is 0 Å². The van der Waals surface area contributed by atoms with Gasteiger partial charge in [0, 0.05) is 38.3 Å². The van der Waals surface area contributed by atoms with Crippen molar-refractivity contribution in [3.63, 3.8) is 0 Å². The molecule has 0 unspecified atom stereocenters. The number of aromatic nitrogens is 1. The zero-order valence-electron chi connectivity index (χ0n) is 14.7. The predicted octanol–water partition coefficient (Wildman–Crippen LogP) is 4.14. The SMILES string of the molecule is Cc1nc(-c2ccccc2)c(C(=O)N2CCN(Cc3ccsc3)CC2)s1. The van der Waals surface area contributed by atoms with Crippen LogP contribution in [0.5, 0.6) is 0 Å². The number of aryl methyl sites for hydroxylation is 1. The molecule has 1 saturated heterocycles. The van der Waals surface area contributed by atoms with Gasteiger partial charge in [-0.3, -0.25) is 9.69 Å². The summed E-state index contributed by atoms with van der Waals surface area (Å²) < 4.78 is 0. The zero-order chi connectivity index (χ0) is 17.9. The number of thiazole rings is 1. The molecular weight excluding hydrogens is 362 g/mol. The number of hydrogen-bond acceptors (Lipinski definition) is 5. The molecule has 0 saturated carbocycles. The number of carbonyl (C=O) groups excluding carboxylic acids is 1. The number of nitrogens with zero attached hydrogens (tertiary/aromatic N) is 3. The van der Waals surface area contributed by atoms with Crippen molar-refractivity contribution in [1.82, 2.24) is 14.8 Å². The van der Waals surface area contributed by atoms with E-state index in [1.54, 1.807) is 11.3 Å². The highest BCUT2D eigenvalue weighted by atomic mass is 32.1. The minimum atomic E-state index is 0.115.